The highest BCUT2D eigenvalue weighted by Gasteiger charge is 2.52. The summed E-state index contributed by atoms with van der Waals surface area (Å²) in [4.78, 5) is 45.3. The summed E-state index contributed by atoms with van der Waals surface area (Å²) < 4.78 is 17.8. The van der Waals surface area contributed by atoms with Crippen molar-refractivity contribution in [2.24, 2.45) is 10.8 Å². The summed E-state index contributed by atoms with van der Waals surface area (Å²) >= 11 is 0. The summed E-state index contributed by atoms with van der Waals surface area (Å²) in [5, 5.41) is 0. The standard InChI is InChI=1S/C21H34N4O3.C18H28N4O2/c1-3-28-20(26)25-10-6-21(16-25)14-18(15-21)23-8-4-17(5-9-23)19-22-7-11-24(19)12-13-27-2;1-2-24-17(23)22-10-5-18(13-22)11-15(12-18)21-8-3-14(4-9-21)16-19-6-7-20-16/h7,11,17-18H,3-6,8-10,12-16H2,1-2H3;6-7,14-15H,2-5,8-13H2,1H3,(H,19,20). The Morgan fingerprint density at radius 3 is 1.79 bits per heavy atom. The van der Waals surface area contributed by atoms with Gasteiger partial charge in [0.1, 0.15) is 11.6 Å². The lowest BCUT2D eigenvalue weighted by atomic mass is 9.64. The second-order valence-corrected chi connectivity index (χ2v) is 16.4. The number of piperidine rings is 2. The molecule has 288 valence electrons. The Balaban J connectivity index is 0.000000164. The van der Waals surface area contributed by atoms with Gasteiger partial charge in [0.05, 0.1) is 19.8 Å². The minimum atomic E-state index is -0.132. The molecule has 2 spiro atoms. The Hall–Kier alpha value is -3.16. The number of nitrogens with zero attached hydrogens (tertiary/aromatic N) is 7. The van der Waals surface area contributed by atoms with Crippen LogP contribution in [0.15, 0.2) is 24.8 Å². The molecular formula is C39H62N8O5. The maximum Gasteiger partial charge on any atom is 0.409 e. The maximum absolute atomic E-state index is 12.0. The molecule has 4 aliphatic heterocycles. The second-order valence-electron chi connectivity index (χ2n) is 16.4. The van der Waals surface area contributed by atoms with Crippen LogP contribution in [0.2, 0.25) is 0 Å². The third kappa shape index (κ3) is 8.16. The molecule has 2 aromatic heterocycles. The van der Waals surface area contributed by atoms with Crippen LogP contribution in [-0.2, 0) is 20.8 Å². The first-order valence-electron chi connectivity index (χ1n) is 20.1. The van der Waals surface area contributed by atoms with Crippen LogP contribution in [0, 0.1) is 10.8 Å². The average molecular weight is 723 g/mol. The van der Waals surface area contributed by atoms with Gasteiger partial charge >= 0.3 is 12.2 Å². The van der Waals surface area contributed by atoms with Crippen LogP contribution in [0.25, 0.3) is 0 Å². The molecule has 0 aromatic carbocycles. The van der Waals surface area contributed by atoms with Gasteiger partial charge < -0.3 is 43.4 Å². The minimum absolute atomic E-state index is 0.128. The van der Waals surface area contributed by atoms with Crippen molar-refractivity contribution in [3.8, 4) is 0 Å². The topological polar surface area (TPSA) is 121 Å². The molecule has 13 nitrogen and oxygen atoms in total. The van der Waals surface area contributed by atoms with E-state index in [0.717, 1.165) is 71.1 Å². The number of likely N-dealkylation sites (tertiary alicyclic amines) is 4. The molecule has 0 unspecified atom stereocenters. The van der Waals surface area contributed by atoms with Gasteiger partial charge in [-0.3, -0.25) is 0 Å². The zero-order valence-electron chi connectivity index (χ0n) is 31.8. The van der Waals surface area contributed by atoms with Crippen molar-refractivity contribution >= 4 is 12.2 Å². The SMILES string of the molecule is CCOC(=O)N1CCC2(CC(N3CCC(c4ncc[nH]4)CC3)C2)C1.CCOC(=O)N1CCC2(CC(N3CCC(c4nccn4CCOC)CC3)C2)C1. The maximum atomic E-state index is 12.0. The van der Waals surface area contributed by atoms with E-state index >= 15 is 0 Å². The van der Waals surface area contributed by atoms with Crippen molar-refractivity contribution < 1.29 is 23.8 Å². The molecule has 2 aliphatic carbocycles. The van der Waals surface area contributed by atoms with Gasteiger partial charge in [-0.2, -0.15) is 0 Å². The molecule has 0 atom stereocenters. The highest BCUT2D eigenvalue weighted by molar-refractivity contribution is 5.68. The van der Waals surface area contributed by atoms with E-state index in [2.05, 4.69) is 35.5 Å². The normalized spacial score (nSPS) is 29.9. The molecule has 52 heavy (non-hydrogen) atoms. The molecule has 0 bridgehead atoms. The van der Waals surface area contributed by atoms with Crippen LogP contribution in [-0.4, -0.2) is 143 Å². The van der Waals surface area contributed by atoms with E-state index in [-0.39, 0.29) is 12.2 Å². The quantitative estimate of drug-likeness (QED) is 0.367. The molecule has 6 heterocycles. The lowest BCUT2D eigenvalue weighted by molar-refractivity contribution is -0.00525. The monoisotopic (exact) mass is 722 g/mol. The van der Waals surface area contributed by atoms with Crippen molar-refractivity contribution in [2.75, 3.05) is 79.3 Å². The minimum Gasteiger partial charge on any atom is -0.450 e. The van der Waals surface area contributed by atoms with E-state index in [0.29, 0.717) is 48.0 Å². The van der Waals surface area contributed by atoms with Crippen LogP contribution in [0.3, 0.4) is 0 Å². The number of carbonyl (C=O) groups excluding carboxylic acids is 2. The van der Waals surface area contributed by atoms with Crippen LogP contribution >= 0.6 is 0 Å². The fourth-order valence-corrected chi connectivity index (χ4v) is 10.3. The molecule has 2 aromatic rings. The largest absolute Gasteiger partial charge is 0.450 e. The van der Waals surface area contributed by atoms with Crippen LogP contribution < -0.4 is 0 Å². The highest BCUT2D eigenvalue weighted by Crippen LogP contribution is 2.52. The second kappa shape index (κ2) is 16.5. The third-order valence-electron chi connectivity index (χ3n) is 13.3. The fourth-order valence-electron chi connectivity index (χ4n) is 10.3. The first kappa shape index (κ1) is 37.2. The number of H-pyrrole nitrogens is 1. The lowest BCUT2D eigenvalue weighted by Gasteiger charge is -2.51. The highest BCUT2D eigenvalue weighted by atomic mass is 16.6. The van der Waals surface area contributed by atoms with Gasteiger partial charge in [-0.25, -0.2) is 19.6 Å². The lowest BCUT2D eigenvalue weighted by Crippen LogP contribution is -2.54. The molecular weight excluding hydrogens is 660 g/mol. The van der Waals surface area contributed by atoms with Crippen molar-refractivity contribution in [3.63, 3.8) is 0 Å². The van der Waals surface area contributed by atoms with Crippen LogP contribution in [0.1, 0.15) is 102 Å². The Bertz CT molecular complexity index is 1440. The predicted molar refractivity (Wildman–Crippen MR) is 197 cm³/mol. The molecule has 6 aliphatic rings. The van der Waals surface area contributed by atoms with Gasteiger partial charge in [-0.1, -0.05) is 0 Å². The number of aromatic amines is 1. The number of aromatic nitrogens is 4. The number of carbonyl (C=O) groups is 2. The van der Waals surface area contributed by atoms with Gasteiger partial charge in [-0.15, -0.1) is 0 Å². The third-order valence-corrected chi connectivity index (χ3v) is 13.3. The Labute approximate surface area is 309 Å². The van der Waals surface area contributed by atoms with Gasteiger partial charge in [0.2, 0.25) is 0 Å². The Morgan fingerprint density at radius 1 is 0.769 bits per heavy atom. The number of rotatable bonds is 9. The van der Waals surface area contributed by atoms with E-state index in [4.69, 9.17) is 14.2 Å². The molecule has 2 amide bonds. The van der Waals surface area contributed by atoms with E-state index in [1.807, 2.05) is 42.2 Å². The number of nitrogens with one attached hydrogen (secondary N) is 1. The van der Waals surface area contributed by atoms with E-state index in [1.165, 1.54) is 70.3 Å². The zero-order valence-corrected chi connectivity index (χ0v) is 31.8. The summed E-state index contributed by atoms with van der Waals surface area (Å²) in [5.41, 5.74) is 0.722. The van der Waals surface area contributed by atoms with Crippen molar-refractivity contribution in [1.29, 1.82) is 0 Å². The molecule has 8 rings (SSSR count). The number of methoxy groups -OCH3 is 1. The predicted octanol–water partition coefficient (Wildman–Crippen LogP) is 5.32. The Morgan fingerprint density at radius 2 is 1.31 bits per heavy atom. The van der Waals surface area contributed by atoms with Crippen LogP contribution in [0.5, 0.6) is 0 Å². The summed E-state index contributed by atoms with van der Waals surface area (Å²) in [6.45, 7) is 14.5. The number of hydrogen-bond donors (Lipinski definition) is 1. The smallest absolute Gasteiger partial charge is 0.409 e. The summed E-state index contributed by atoms with van der Waals surface area (Å²) in [7, 11) is 1.75. The Kier molecular flexibility index (Phi) is 11.8. The van der Waals surface area contributed by atoms with E-state index < -0.39 is 0 Å². The molecule has 13 heteroatoms. The zero-order chi connectivity index (χ0) is 36.1. The fraction of sp³-hybridized carbons (Fsp3) is 0.795. The van der Waals surface area contributed by atoms with Crippen molar-refractivity contribution in [2.45, 2.75) is 109 Å². The molecule has 0 radical (unpaired) electrons. The van der Waals surface area contributed by atoms with Gasteiger partial charge in [0.15, 0.2) is 0 Å². The van der Waals surface area contributed by atoms with Gasteiger partial charge in [-0.05, 0) is 115 Å². The number of ether oxygens (including phenoxy) is 3. The van der Waals surface area contributed by atoms with Gasteiger partial charge in [0.25, 0.3) is 0 Å². The summed E-state index contributed by atoms with van der Waals surface area (Å²) in [6, 6.07) is 1.40. The van der Waals surface area contributed by atoms with E-state index in [1.54, 1.807) is 7.11 Å². The number of hydrogen-bond acceptors (Lipinski definition) is 9. The number of imidazole rings is 2. The van der Waals surface area contributed by atoms with Crippen LogP contribution in [0.4, 0.5) is 9.59 Å². The summed E-state index contributed by atoms with van der Waals surface area (Å²) in [5.74, 6) is 3.53. The van der Waals surface area contributed by atoms with Crippen molar-refractivity contribution in [1.82, 2.24) is 39.1 Å². The first-order valence-corrected chi connectivity index (χ1v) is 20.1. The molecule has 1 N–H and O–H groups in total. The molecule has 4 saturated heterocycles. The summed E-state index contributed by atoms with van der Waals surface area (Å²) in [6.07, 6.45) is 19.5. The molecule has 6 fully saturated rings. The first-order chi connectivity index (χ1) is 25.3. The number of amides is 2. The van der Waals surface area contributed by atoms with E-state index in [9.17, 15) is 9.59 Å². The van der Waals surface area contributed by atoms with Crippen molar-refractivity contribution in [3.05, 3.63) is 36.4 Å². The molecule has 2 saturated carbocycles. The van der Waals surface area contributed by atoms with Gasteiger partial charge in [0, 0.05) is 88.5 Å². The average Bonchev–Trinajstić information content (AvgIpc) is 3.97.